The van der Waals surface area contributed by atoms with Crippen LogP contribution in [0.1, 0.15) is 17.8 Å². The van der Waals surface area contributed by atoms with Gasteiger partial charge in [-0.1, -0.05) is 0 Å². The van der Waals surface area contributed by atoms with Gasteiger partial charge in [0.05, 0.1) is 31.2 Å². The van der Waals surface area contributed by atoms with Crippen molar-refractivity contribution in [3.8, 4) is 0 Å². The summed E-state index contributed by atoms with van der Waals surface area (Å²) in [6.07, 6.45) is -2.05. The first kappa shape index (κ1) is 19.3. The van der Waals surface area contributed by atoms with Crippen molar-refractivity contribution in [3.63, 3.8) is 0 Å². The minimum atomic E-state index is -4.49. The number of likely N-dealkylation sites (tertiary alicyclic amines) is 3. The average Bonchev–Trinajstić information content (AvgIpc) is 3.22. The minimum Gasteiger partial charge on any atom is -0.447 e. The number of halogens is 3. The van der Waals surface area contributed by atoms with E-state index in [0.29, 0.717) is 45.0 Å². The van der Waals surface area contributed by atoms with Crippen molar-refractivity contribution < 1.29 is 27.5 Å². The summed E-state index contributed by atoms with van der Waals surface area (Å²) >= 11 is 0. The number of amides is 3. The number of ether oxygens (including phenoxy) is 1. The summed E-state index contributed by atoms with van der Waals surface area (Å²) in [5.74, 6) is 0. The van der Waals surface area contributed by atoms with E-state index in [9.17, 15) is 22.8 Å². The summed E-state index contributed by atoms with van der Waals surface area (Å²) in [7, 11) is 0. The predicted octanol–water partition coefficient (Wildman–Crippen LogP) is 0.917. The van der Waals surface area contributed by atoms with Crippen LogP contribution in [0.25, 0.3) is 0 Å². The summed E-state index contributed by atoms with van der Waals surface area (Å²) in [5, 5.41) is 2.76. The van der Waals surface area contributed by atoms with Crippen LogP contribution in [0.4, 0.5) is 22.8 Å². The molecule has 5 heterocycles. The van der Waals surface area contributed by atoms with E-state index in [1.54, 1.807) is 4.90 Å². The van der Waals surface area contributed by atoms with E-state index in [1.165, 1.54) is 6.20 Å². The van der Waals surface area contributed by atoms with Crippen molar-refractivity contribution in [3.05, 3.63) is 23.8 Å². The molecule has 12 heteroatoms. The van der Waals surface area contributed by atoms with Gasteiger partial charge in [-0.25, -0.2) is 14.6 Å². The number of alkyl halides is 3. The number of hydrogen-bond donors (Lipinski definition) is 1. The van der Waals surface area contributed by atoms with Gasteiger partial charge in [0, 0.05) is 31.6 Å². The highest BCUT2D eigenvalue weighted by Gasteiger charge is 2.55. The molecule has 0 radical (unpaired) electrons. The maximum absolute atomic E-state index is 12.6. The Bertz CT molecular complexity index is 865. The molecule has 1 aromatic rings. The van der Waals surface area contributed by atoms with Gasteiger partial charge < -0.3 is 19.9 Å². The third-order valence-electron chi connectivity index (χ3n) is 6.33. The Labute approximate surface area is 170 Å². The summed E-state index contributed by atoms with van der Waals surface area (Å²) < 4.78 is 42.7. The highest BCUT2D eigenvalue weighted by atomic mass is 19.4. The van der Waals surface area contributed by atoms with Gasteiger partial charge in [-0.05, 0) is 13.0 Å². The molecule has 0 saturated carbocycles. The molecule has 0 aliphatic carbocycles. The molecule has 0 bridgehead atoms. The zero-order valence-corrected chi connectivity index (χ0v) is 16.1. The number of nitrogens with one attached hydrogen (secondary N) is 1. The molecule has 0 unspecified atom stereocenters. The Morgan fingerprint density at radius 2 is 1.87 bits per heavy atom. The van der Waals surface area contributed by atoms with Gasteiger partial charge >= 0.3 is 18.3 Å². The lowest BCUT2D eigenvalue weighted by atomic mass is 9.79. The lowest BCUT2D eigenvalue weighted by molar-refractivity contribution is -0.141. The van der Waals surface area contributed by atoms with Crippen LogP contribution in [0.15, 0.2) is 12.4 Å². The summed E-state index contributed by atoms with van der Waals surface area (Å²) in [6.45, 7) is 4.55. The summed E-state index contributed by atoms with van der Waals surface area (Å²) in [6, 6.07) is -0.0283. The second-order valence-electron chi connectivity index (χ2n) is 8.83. The van der Waals surface area contributed by atoms with Crippen LogP contribution in [0.3, 0.4) is 0 Å². The van der Waals surface area contributed by atoms with Gasteiger partial charge in [0.2, 0.25) is 0 Å². The van der Waals surface area contributed by atoms with Crippen LogP contribution < -0.4 is 5.32 Å². The zero-order chi connectivity index (χ0) is 21.1. The quantitative estimate of drug-likeness (QED) is 0.756. The van der Waals surface area contributed by atoms with Crippen LogP contribution in [0, 0.1) is 5.41 Å². The molecule has 4 aliphatic rings. The van der Waals surface area contributed by atoms with Gasteiger partial charge in [0.25, 0.3) is 0 Å². The Kier molecular flexibility index (Phi) is 4.15. The fourth-order valence-corrected chi connectivity index (χ4v) is 4.81. The van der Waals surface area contributed by atoms with Crippen molar-refractivity contribution in [1.82, 2.24) is 30.0 Å². The van der Waals surface area contributed by atoms with E-state index >= 15 is 0 Å². The number of urea groups is 1. The molecular weight excluding hydrogens is 405 g/mol. The molecule has 4 aliphatic heterocycles. The normalized spacial score (nSPS) is 24.6. The fourth-order valence-electron chi connectivity index (χ4n) is 4.81. The van der Waals surface area contributed by atoms with Crippen LogP contribution >= 0.6 is 0 Å². The van der Waals surface area contributed by atoms with Gasteiger partial charge in [0.15, 0.2) is 5.69 Å². The lowest BCUT2D eigenvalue weighted by Crippen LogP contribution is -2.73. The van der Waals surface area contributed by atoms with Crippen molar-refractivity contribution >= 4 is 12.1 Å². The predicted molar refractivity (Wildman–Crippen MR) is 95.1 cm³/mol. The Balaban J connectivity index is 1.10. The number of carbonyl (C=O) groups is 2. The Morgan fingerprint density at radius 1 is 1.13 bits per heavy atom. The fraction of sp³-hybridized carbons (Fsp3) is 0.667. The van der Waals surface area contributed by atoms with E-state index in [2.05, 4.69) is 20.2 Å². The van der Waals surface area contributed by atoms with Crippen molar-refractivity contribution in [2.45, 2.75) is 24.7 Å². The number of rotatable bonds is 2. The van der Waals surface area contributed by atoms with E-state index in [1.807, 2.05) is 4.90 Å². The zero-order valence-electron chi connectivity index (χ0n) is 16.1. The van der Waals surface area contributed by atoms with Gasteiger partial charge in [-0.3, -0.25) is 9.88 Å². The van der Waals surface area contributed by atoms with Crippen LogP contribution in [0.5, 0.6) is 0 Å². The lowest BCUT2D eigenvalue weighted by Gasteiger charge is -2.53. The van der Waals surface area contributed by atoms with E-state index < -0.39 is 23.5 Å². The third-order valence-corrected chi connectivity index (χ3v) is 6.33. The smallest absolute Gasteiger partial charge is 0.434 e. The topological polar surface area (TPSA) is 90.9 Å². The second kappa shape index (κ2) is 6.43. The SMILES string of the molecule is O=C1NC2(CO1)CN(C(=O)N1CC3(CCN(Cc4cnc(C(F)(F)F)cn4)C3)C1)C2. The van der Waals surface area contributed by atoms with Crippen LogP contribution in [-0.2, 0) is 17.5 Å². The molecule has 5 rings (SSSR count). The first-order valence-electron chi connectivity index (χ1n) is 9.75. The van der Waals surface area contributed by atoms with Gasteiger partial charge in [0.1, 0.15) is 12.1 Å². The van der Waals surface area contributed by atoms with E-state index in [4.69, 9.17) is 4.74 Å². The van der Waals surface area contributed by atoms with Crippen molar-refractivity contribution in [2.24, 2.45) is 5.41 Å². The molecule has 0 atom stereocenters. The Hall–Kier alpha value is -2.63. The van der Waals surface area contributed by atoms with Gasteiger partial charge in [-0.15, -0.1) is 0 Å². The molecule has 2 spiro atoms. The minimum absolute atomic E-state index is 0.0283. The number of nitrogens with zero attached hydrogens (tertiary/aromatic N) is 5. The monoisotopic (exact) mass is 426 g/mol. The number of alkyl carbamates (subject to hydrolysis) is 1. The maximum Gasteiger partial charge on any atom is 0.434 e. The average molecular weight is 426 g/mol. The van der Waals surface area contributed by atoms with Crippen LogP contribution in [0.2, 0.25) is 0 Å². The summed E-state index contributed by atoms with van der Waals surface area (Å²) in [5.41, 5.74) is -0.891. The third kappa shape index (κ3) is 3.32. The maximum atomic E-state index is 12.6. The highest BCUT2D eigenvalue weighted by Crippen LogP contribution is 2.41. The van der Waals surface area contributed by atoms with Crippen LogP contribution in [-0.4, -0.2) is 88.2 Å². The van der Waals surface area contributed by atoms with Crippen molar-refractivity contribution in [1.29, 1.82) is 0 Å². The molecule has 30 heavy (non-hydrogen) atoms. The van der Waals surface area contributed by atoms with Gasteiger partial charge in [-0.2, -0.15) is 13.2 Å². The molecule has 9 nitrogen and oxygen atoms in total. The number of aromatic nitrogens is 2. The number of hydrogen-bond acceptors (Lipinski definition) is 6. The summed E-state index contributed by atoms with van der Waals surface area (Å²) in [4.78, 5) is 36.9. The Morgan fingerprint density at radius 3 is 2.47 bits per heavy atom. The number of cyclic esters (lactones) is 1. The number of carbonyl (C=O) groups excluding carboxylic acids is 2. The largest absolute Gasteiger partial charge is 0.447 e. The molecule has 3 amide bonds. The molecule has 162 valence electrons. The molecule has 4 fully saturated rings. The second-order valence-corrected chi connectivity index (χ2v) is 8.83. The van der Waals surface area contributed by atoms with Crippen molar-refractivity contribution in [2.75, 3.05) is 45.9 Å². The standard InChI is InChI=1S/C18H21F3N6O3/c19-18(20,21)13-4-22-12(3-23-13)5-25-2-1-16(6-25)7-26(8-16)15(29)27-9-17(10-27)11-30-14(28)24-17/h3-4H,1-2,5-11H2,(H,24,28). The highest BCUT2D eigenvalue weighted by molar-refractivity contribution is 5.78. The molecule has 1 aromatic heterocycles. The van der Waals surface area contributed by atoms with E-state index in [-0.39, 0.29) is 11.4 Å². The molecule has 4 saturated heterocycles. The first-order chi connectivity index (χ1) is 14.2. The molecular formula is C18H21F3N6O3. The first-order valence-corrected chi connectivity index (χ1v) is 9.75. The molecule has 0 aromatic carbocycles. The van der Waals surface area contributed by atoms with E-state index in [0.717, 1.165) is 25.7 Å². The molecule has 1 N–H and O–H groups in total.